The first-order chi connectivity index (χ1) is 9.58. The van der Waals surface area contributed by atoms with Crippen molar-refractivity contribution in [2.75, 3.05) is 13.1 Å². The molecular weight excluding hydrogens is 320 g/mol. The summed E-state index contributed by atoms with van der Waals surface area (Å²) in [5.74, 6) is 0.239. The molecule has 2 heterocycles. The third-order valence-electron chi connectivity index (χ3n) is 4.09. The quantitative estimate of drug-likeness (QED) is 0.841. The molecule has 1 aliphatic rings. The molecule has 4 nitrogen and oxygen atoms in total. The van der Waals surface area contributed by atoms with Crippen molar-refractivity contribution >= 4 is 32.7 Å². The highest BCUT2D eigenvalue weighted by molar-refractivity contribution is 9.10. The van der Waals surface area contributed by atoms with Crippen molar-refractivity contribution in [3.05, 3.63) is 34.4 Å². The largest absolute Gasteiger partial charge is 0.391 e. The molecular formula is C15H17BrN2O2. The number of amides is 1. The molecule has 2 aromatic rings. The summed E-state index contributed by atoms with van der Waals surface area (Å²) in [5.41, 5.74) is 1.60. The summed E-state index contributed by atoms with van der Waals surface area (Å²) < 4.78 is 0.908. The number of rotatable bonds is 1. The van der Waals surface area contributed by atoms with E-state index in [1.54, 1.807) is 11.1 Å². The van der Waals surface area contributed by atoms with Gasteiger partial charge >= 0.3 is 0 Å². The number of benzene rings is 1. The number of aliphatic hydroxyl groups excluding tert-OH is 1. The zero-order valence-electron chi connectivity index (χ0n) is 11.3. The summed E-state index contributed by atoms with van der Waals surface area (Å²) in [7, 11) is 0. The van der Waals surface area contributed by atoms with E-state index in [4.69, 9.17) is 0 Å². The van der Waals surface area contributed by atoms with Gasteiger partial charge in [-0.3, -0.25) is 4.79 Å². The molecule has 0 radical (unpaired) electrons. The van der Waals surface area contributed by atoms with Crippen LogP contribution in [-0.2, 0) is 0 Å². The molecule has 20 heavy (non-hydrogen) atoms. The van der Waals surface area contributed by atoms with E-state index < -0.39 is 6.10 Å². The predicted octanol–water partition coefficient (Wildman–Crippen LogP) is 2.77. The molecule has 1 aliphatic heterocycles. The van der Waals surface area contributed by atoms with Crippen LogP contribution in [0, 0.1) is 5.92 Å². The first-order valence-corrected chi connectivity index (χ1v) is 7.60. The van der Waals surface area contributed by atoms with E-state index in [-0.39, 0.29) is 11.8 Å². The summed E-state index contributed by atoms with van der Waals surface area (Å²) in [6, 6.07) is 5.81. The number of hydrogen-bond acceptors (Lipinski definition) is 2. The van der Waals surface area contributed by atoms with Crippen LogP contribution in [0.2, 0.25) is 0 Å². The van der Waals surface area contributed by atoms with Crippen molar-refractivity contribution in [2.24, 2.45) is 5.92 Å². The molecule has 1 amide bonds. The second kappa shape index (κ2) is 5.22. The Kier molecular flexibility index (Phi) is 3.56. The Morgan fingerprint density at radius 3 is 3.05 bits per heavy atom. The van der Waals surface area contributed by atoms with Crippen LogP contribution in [-0.4, -0.2) is 40.1 Å². The lowest BCUT2D eigenvalue weighted by atomic mass is 9.95. The van der Waals surface area contributed by atoms with Gasteiger partial charge in [0.25, 0.3) is 5.91 Å². The van der Waals surface area contributed by atoms with Crippen molar-refractivity contribution < 1.29 is 9.90 Å². The zero-order valence-corrected chi connectivity index (χ0v) is 12.9. The van der Waals surface area contributed by atoms with Gasteiger partial charge in [-0.25, -0.2) is 0 Å². The summed E-state index contributed by atoms with van der Waals surface area (Å²) in [6.07, 6.45) is 2.17. The Bertz CT molecular complexity index is 652. The van der Waals surface area contributed by atoms with Gasteiger partial charge in [-0.2, -0.15) is 0 Å². The second-order valence-electron chi connectivity index (χ2n) is 5.45. The fourth-order valence-corrected chi connectivity index (χ4v) is 3.29. The van der Waals surface area contributed by atoms with E-state index in [1.165, 1.54) is 0 Å². The van der Waals surface area contributed by atoms with Gasteiger partial charge in [0.2, 0.25) is 0 Å². The highest BCUT2D eigenvalue weighted by atomic mass is 79.9. The van der Waals surface area contributed by atoms with Crippen LogP contribution in [0.25, 0.3) is 10.9 Å². The smallest absolute Gasteiger partial charge is 0.256 e. The molecule has 0 bridgehead atoms. The number of aromatic amines is 1. The lowest BCUT2D eigenvalue weighted by Crippen LogP contribution is -2.45. The predicted molar refractivity (Wildman–Crippen MR) is 81.7 cm³/mol. The highest BCUT2D eigenvalue weighted by Gasteiger charge is 2.29. The number of hydrogen-bond donors (Lipinski definition) is 2. The Hall–Kier alpha value is -1.33. The SMILES string of the molecule is CC1CCN(C(=O)c2c[nH]c3cccc(Br)c23)CC1O. The Balaban J connectivity index is 1.93. The molecule has 1 fully saturated rings. The van der Waals surface area contributed by atoms with Crippen LogP contribution >= 0.6 is 15.9 Å². The van der Waals surface area contributed by atoms with E-state index in [1.807, 2.05) is 25.1 Å². The van der Waals surface area contributed by atoms with Gasteiger partial charge in [0.1, 0.15) is 0 Å². The number of nitrogens with one attached hydrogen (secondary N) is 1. The van der Waals surface area contributed by atoms with Crippen LogP contribution < -0.4 is 0 Å². The van der Waals surface area contributed by atoms with Gasteiger partial charge in [-0.15, -0.1) is 0 Å². The Morgan fingerprint density at radius 1 is 1.50 bits per heavy atom. The highest BCUT2D eigenvalue weighted by Crippen LogP contribution is 2.29. The molecule has 1 aromatic carbocycles. The number of fused-ring (bicyclic) bond motifs is 1. The maximum Gasteiger partial charge on any atom is 0.256 e. The summed E-state index contributed by atoms with van der Waals surface area (Å²) >= 11 is 3.50. The molecule has 1 aromatic heterocycles. The molecule has 106 valence electrons. The normalized spacial score (nSPS) is 23.2. The number of nitrogens with zero attached hydrogens (tertiary/aromatic N) is 1. The van der Waals surface area contributed by atoms with Crippen LogP contribution in [0.3, 0.4) is 0 Å². The summed E-state index contributed by atoms with van der Waals surface area (Å²) in [4.78, 5) is 17.5. The Morgan fingerprint density at radius 2 is 2.30 bits per heavy atom. The average molecular weight is 337 g/mol. The maximum atomic E-state index is 12.7. The van der Waals surface area contributed by atoms with Crippen LogP contribution in [0.1, 0.15) is 23.7 Å². The lowest BCUT2D eigenvalue weighted by Gasteiger charge is -2.34. The zero-order chi connectivity index (χ0) is 14.3. The average Bonchev–Trinajstić information content (AvgIpc) is 2.86. The number of piperidine rings is 1. The molecule has 0 saturated carbocycles. The second-order valence-corrected chi connectivity index (χ2v) is 6.30. The van der Waals surface area contributed by atoms with Gasteiger partial charge in [-0.05, 0) is 24.5 Å². The number of H-pyrrole nitrogens is 1. The van der Waals surface area contributed by atoms with Crippen LogP contribution in [0.5, 0.6) is 0 Å². The summed E-state index contributed by atoms with van der Waals surface area (Å²) in [6.45, 7) is 3.14. The monoisotopic (exact) mass is 336 g/mol. The number of aromatic nitrogens is 1. The number of β-amino-alcohol motifs (C(OH)–C–C–N with tert-alkyl or cyclic N) is 1. The van der Waals surface area contributed by atoms with Gasteiger partial charge in [0.15, 0.2) is 0 Å². The maximum absolute atomic E-state index is 12.7. The van der Waals surface area contributed by atoms with Crippen molar-refractivity contribution in [3.63, 3.8) is 0 Å². The number of aliphatic hydroxyl groups is 1. The first kappa shape index (κ1) is 13.6. The molecule has 2 unspecified atom stereocenters. The lowest BCUT2D eigenvalue weighted by molar-refractivity contribution is 0.0250. The summed E-state index contributed by atoms with van der Waals surface area (Å²) in [5, 5.41) is 10.9. The van der Waals surface area contributed by atoms with Gasteiger partial charge in [-0.1, -0.05) is 28.9 Å². The molecule has 5 heteroatoms. The molecule has 0 aliphatic carbocycles. The number of likely N-dealkylation sites (tertiary alicyclic amines) is 1. The fourth-order valence-electron chi connectivity index (χ4n) is 2.71. The number of carbonyl (C=O) groups is 1. The topological polar surface area (TPSA) is 56.3 Å². The van der Waals surface area contributed by atoms with Gasteiger partial charge < -0.3 is 15.0 Å². The third-order valence-corrected chi connectivity index (χ3v) is 4.75. The number of carbonyl (C=O) groups excluding carboxylic acids is 1. The van der Waals surface area contributed by atoms with Crippen LogP contribution in [0.15, 0.2) is 28.9 Å². The molecule has 2 atom stereocenters. The van der Waals surface area contributed by atoms with E-state index in [0.717, 1.165) is 21.8 Å². The van der Waals surface area contributed by atoms with E-state index in [2.05, 4.69) is 20.9 Å². The molecule has 0 spiro atoms. The molecule has 1 saturated heterocycles. The third kappa shape index (κ3) is 2.25. The van der Waals surface area contributed by atoms with Crippen molar-refractivity contribution in [2.45, 2.75) is 19.4 Å². The van der Waals surface area contributed by atoms with Crippen molar-refractivity contribution in [1.29, 1.82) is 0 Å². The minimum Gasteiger partial charge on any atom is -0.391 e. The van der Waals surface area contributed by atoms with E-state index in [0.29, 0.717) is 18.7 Å². The minimum absolute atomic E-state index is 0.0194. The Labute approximate surface area is 125 Å². The molecule has 3 rings (SSSR count). The van der Waals surface area contributed by atoms with E-state index >= 15 is 0 Å². The molecule has 2 N–H and O–H groups in total. The van der Waals surface area contributed by atoms with Crippen molar-refractivity contribution in [1.82, 2.24) is 9.88 Å². The first-order valence-electron chi connectivity index (χ1n) is 6.81. The van der Waals surface area contributed by atoms with Gasteiger partial charge in [0, 0.05) is 34.7 Å². The standard InChI is InChI=1S/C15H17BrN2O2/c1-9-5-6-18(8-13(9)19)15(20)10-7-17-12-4-2-3-11(16)14(10)12/h2-4,7,9,13,17,19H,5-6,8H2,1H3. The van der Waals surface area contributed by atoms with Crippen molar-refractivity contribution in [3.8, 4) is 0 Å². The minimum atomic E-state index is -0.429. The van der Waals surface area contributed by atoms with E-state index in [9.17, 15) is 9.90 Å². The van der Waals surface area contributed by atoms with Gasteiger partial charge in [0.05, 0.1) is 11.7 Å². The number of halogens is 1. The fraction of sp³-hybridized carbons (Fsp3) is 0.400. The van der Waals surface area contributed by atoms with Crippen LogP contribution in [0.4, 0.5) is 0 Å².